The normalized spacial score (nSPS) is 27.1. The molecule has 2 N–H and O–H groups in total. The van der Waals surface area contributed by atoms with Gasteiger partial charge in [-0.2, -0.15) is 0 Å². The fourth-order valence-electron chi connectivity index (χ4n) is 4.22. The van der Waals surface area contributed by atoms with Crippen molar-refractivity contribution in [2.45, 2.75) is 46.1 Å². The summed E-state index contributed by atoms with van der Waals surface area (Å²) in [4.78, 5) is 2.61. The van der Waals surface area contributed by atoms with E-state index in [0.29, 0.717) is 11.2 Å². The highest BCUT2D eigenvalue weighted by molar-refractivity contribution is 5.42. The van der Waals surface area contributed by atoms with E-state index in [0.717, 1.165) is 17.7 Å². The second-order valence-corrected chi connectivity index (χ2v) is 7.17. The zero-order valence-corrected chi connectivity index (χ0v) is 13.4. The van der Waals surface area contributed by atoms with Crippen LogP contribution in [0.25, 0.3) is 0 Å². The van der Waals surface area contributed by atoms with Crippen LogP contribution in [0.3, 0.4) is 0 Å². The summed E-state index contributed by atoms with van der Waals surface area (Å²) in [5, 5.41) is 13.5. The molecule has 1 spiro atoms. The summed E-state index contributed by atoms with van der Waals surface area (Å²) >= 11 is 0. The number of phenols is 1. The van der Waals surface area contributed by atoms with Crippen LogP contribution in [0.15, 0.2) is 12.1 Å². The first-order valence-electron chi connectivity index (χ1n) is 8.30. The number of hydrogen-bond acceptors (Lipinski definition) is 3. The molecular formula is C18H28N2O. The van der Waals surface area contributed by atoms with Crippen molar-refractivity contribution in [3.05, 3.63) is 28.8 Å². The third-order valence-electron chi connectivity index (χ3n) is 5.26. The maximum atomic E-state index is 9.91. The van der Waals surface area contributed by atoms with Crippen LogP contribution in [-0.2, 0) is 6.54 Å². The van der Waals surface area contributed by atoms with Gasteiger partial charge in [-0.15, -0.1) is 0 Å². The van der Waals surface area contributed by atoms with Gasteiger partial charge in [0.05, 0.1) is 0 Å². The topological polar surface area (TPSA) is 35.5 Å². The molecule has 0 aromatic heterocycles. The molecule has 0 radical (unpaired) electrons. The third-order valence-corrected chi connectivity index (χ3v) is 5.26. The quantitative estimate of drug-likeness (QED) is 0.878. The third kappa shape index (κ3) is 3.24. The summed E-state index contributed by atoms with van der Waals surface area (Å²) in [7, 11) is 0. The van der Waals surface area contributed by atoms with Crippen molar-refractivity contribution in [3.8, 4) is 5.75 Å². The average molecular weight is 288 g/mol. The molecule has 3 rings (SSSR count). The van der Waals surface area contributed by atoms with E-state index in [9.17, 15) is 5.11 Å². The van der Waals surface area contributed by atoms with Gasteiger partial charge >= 0.3 is 0 Å². The van der Waals surface area contributed by atoms with Gasteiger partial charge < -0.3 is 10.4 Å². The molecule has 21 heavy (non-hydrogen) atoms. The van der Waals surface area contributed by atoms with Gasteiger partial charge in [-0.05, 0) is 74.7 Å². The van der Waals surface area contributed by atoms with Gasteiger partial charge in [0.2, 0.25) is 0 Å². The number of piperidine rings is 2. The summed E-state index contributed by atoms with van der Waals surface area (Å²) < 4.78 is 0. The first-order chi connectivity index (χ1) is 10.1. The van der Waals surface area contributed by atoms with Crippen LogP contribution in [0.5, 0.6) is 5.75 Å². The van der Waals surface area contributed by atoms with E-state index in [2.05, 4.69) is 22.3 Å². The lowest BCUT2D eigenvalue weighted by atomic mass is 9.74. The Bertz CT molecular complexity index is 477. The Hall–Kier alpha value is -1.06. The number of aromatic hydroxyl groups is 1. The Labute approximate surface area is 128 Å². The number of nitrogens with one attached hydrogen (secondary N) is 1. The van der Waals surface area contributed by atoms with E-state index in [4.69, 9.17) is 0 Å². The Balaban J connectivity index is 1.70. The summed E-state index contributed by atoms with van der Waals surface area (Å²) in [6.45, 7) is 9.82. The molecule has 1 atom stereocenters. The molecule has 116 valence electrons. The van der Waals surface area contributed by atoms with Crippen LogP contribution in [0.2, 0.25) is 0 Å². The molecule has 1 unspecified atom stereocenters. The number of benzene rings is 1. The van der Waals surface area contributed by atoms with Crippen molar-refractivity contribution >= 4 is 0 Å². The van der Waals surface area contributed by atoms with Gasteiger partial charge in [-0.1, -0.05) is 12.1 Å². The van der Waals surface area contributed by atoms with E-state index < -0.39 is 0 Å². The molecule has 0 amide bonds. The molecule has 1 aromatic carbocycles. The van der Waals surface area contributed by atoms with Crippen LogP contribution in [0.4, 0.5) is 0 Å². The van der Waals surface area contributed by atoms with Crippen LogP contribution in [0, 0.1) is 19.3 Å². The predicted octanol–water partition coefficient (Wildman–Crippen LogP) is 2.97. The monoisotopic (exact) mass is 288 g/mol. The van der Waals surface area contributed by atoms with Gasteiger partial charge in [-0.3, -0.25) is 4.90 Å². The van der Waals surface area contributed by atoms with E-state index in [1.54, 1.807) is 0 Å². The van der Waals surface area contributed by atoms with Crippen molar-refractivity contribution in [1.82, 2.24) is 10.2 Å². The minimum absolute atomic E-state index is 0.449. The summed E-state index contributed by atoms with van der Waals surface area (Å²) in [5.41, 5.74) is 3.84. The summed E-state index contributed by atoms with van der Waals surface area (Å²) in [5.74, 6) is 0.449. The minimum atomic E-state index is 0.449. The molecule has 0 bridgehead atoms. The van der Waals surface area contributed by atoms with Gasteiger partial charge in [0.25, 0.3) is 0 Å². The van der Waals surface area contributed by atoms with Gasteiger partial charge in [0.1, 0.15) is 5.75 Å². The smallest absolute Gasteiger partial charge is 0.121 e. The lowest BCUT2D eigenvalue weighted by Gasteiger charge is -2.45. The van der Waals surface area contributed by atoms with E-state index in [1.807, 2.05) is 13.8 Å². The molecule has 2 saturated heterocycles. The SMILES string of the molecule is Cc1cc(CN2CCCC3(CCCNC3)C2)cc(C)c1O. The van der Waals surface area contributed by atoms with Gasteiger partial charge in [-0.25, -0.2) is 0 Å². The second kappa shape index (κ2) is 5.98. The molecule has 3 heteroatoms. The van der Waals surface area contributed by atoms with E-state index in [1.165, 1.54) is 57.4 Å². The van der Waals surface area contributed by atoms with Crippen LogP contribution in [0.1, 0.15) is 42.4 Å². The maximum Gasteiger partial charge on any atom is 0.121 e. The number of nitrogens with zero attached hydrogens (tertiary/aromatic N) is 1. The number of rotatable bonds is 2. The fourth-order valence-corrected chi connectivity index (χ4v) is 4.22. The summed E-state index contributed by atoms with van der Waals surface area (Å²) in [6, 6.07) is 4.28. The van der Waals surface area contributed by atoms with Crippen LogP contribution >= 0.6 is 0 Å². The Morgan fingerprint density at radius 1 is 1.19 bits per heavy atom. The molecule has 0 saturated carbocycles. The Morgan fingerprint density at radius 3 is 2.57 bits per heavy atom. The van der Waals surface area contributed by atoms with Gasteiger partial charge in [0, 0.05) is 19.6 Å². The van der Waals surface area contributed by atoms with Gasteiger partial charge in [0.15, 0.2) is 0 Å². The Kier molecular flexibility index (Phi) is 4.23. The predicted molar refractivity (Wildman–Crippen MR) is 86.6 cm³/mol. The molecular weight excluding hydrogens is 260 g/mol. The highest BCUT2D eigenvalue weighted by Crippen LogP contribution is 2.36. The maximum absolute atomic E-state index is 9.91. The van der Waals surface area contributed by atoms with Crippen molar-refractivity contribution in [2.75, 3.05) is 26.2 Å². The molecule has 3 nitrogen and oxygen atoms in total. The van der Waals surface area contributed by atoms with Crippen molar-refractivity contribution in [3.63, 3.8) is 0 Å². The van der Waals surface area contributed by atoms with Crippen molar-refractivity contribution in [2.24, 2.45) is 5.41 Å². The van der Waals surface area contributed by atoms with Crippen molar-refractivity contribution < 1.29 is 5.11 Å². The Morgan fingerprint density at radius 2 is 1.90 bits per heavy atom. The number of aryl methyl sites for hydroxylation is 2. The highest BCUT2D eigenvalue weighted by atomic mass is 16.3. The molecule has 0 aliphatic carbocycles. The lowest BCUT2D eigenvalue weighted by Crippen LogP contribution is -2.50. The summed E-state index contributed by atoms with van der Waals surface area (Å²) in [6.07, 6.45) is 5.40. The molecule has 2 fully saturated rings. The second-order valence-electron chi connectivity index (χ2n) is 7.17. The fraction of sp³-hybridized carbons (Fsp3) is 0.667. The standard InChI is InChI=1S/C18H28N2O/c1-14-9-16(10-15(2)17(14)21)11-20-8-4-6-18(13-20)5-3-7-19-12-18/h9-10,19,21H,3-8,11-13H2,1-2H3. The molecule has 2 aliphatic rings. The molecule has 1 aromatic rings. The van der Waals surface area contributed by atoms with E-state index in [-0.39, 0.29) is 0 Å². The zero-order valence-electron chi connectivity index (χ0n) is 13.4. The molecule has 2 heterocycles. The zero-order chi connectivity index (χ0) is 14.9. The van der Waals surface area contributed by atoms with Crippen LogP contribution < -0.4 is 5.32 Å². The largest absolute Gasteiger partial charge is 0.507 e. The number of likely N-dealkylation sites (tertiary alicyclic amines) is 1. The van der Waals surface area contributed by atoms with Crippen LogP contribution in [-0.4, -0.2) is 36.2 Å². The number of phenolic OH excluding ortho intramolecular Hbond substituents is 1. The number of hydrogen-bond donors (Lipinski definition) is 2. The highest BCUT2D eigenvalue weighted by Gasteiger charge is 2.36. The van der Waals surface area contributed by atoms with Crippen molar-refractivity contribution in [1.29, 1.82) is 0 Å². The average Bonchev–Trinajstić information content (AvgIpc) is 2.45. The molecule has 2 aliphatic heterocycles. The minimum Gasteiger partial charge on any atom is -0.507 e. The first-order valence-corrected chi connectivity index (χ1v) is 8.30. The van der Waals surface area contributed by atoms with E-state index >= 15 is 0 Å². The first kappa shape index (κ1) is 14.9. The lowest BCUT2D eigenvalue weighted by molar-refractivity contribution is 0.0600.